The monoisotopic (exact) mass is 402 g/mol. The number of rotatable bonds is 3. The van der Waals surface area contributed by atoms with Crippen LogP contribution in [0.25, 0.3) is 20.4 Å². The fourth-order valence-corrected chi connectivity index (χ4v) is 4.19. The maximum atomic E-state index is 11.6. The Kier molecular flexibility index (Phi) is 5.84. The van der Waals surface area contributed by atoms with Gasteiger partial charge in [-0.1, -0.05) is 22.7 Å². The van der Waals surface area contributed by atoms with E-state index in [2.05, 4.69) is 15.3 Å². The zero-order chi connectivity index (χ0) is 19.4. The Bertz CT molecular complexity index is 1090. The summed E-state index contributed by atoms with van der Waals surface area (Å²) in [6.45, 7) is 1.93. The van der Waals surface area contributed by atoms with Crippen LogP contribution in [0.5, 0.6) is 0 Å². The third kappa shape index (κ3) is 4.33. The van der Waals surface area contributed by atoms with Crippen molar-refractivity contribution in [2.24, 2.45) is 0 Å². The molecule has 4 N–H and O–H groups in total. The molecule has 0 spiro atoms. The number of aromatic nitrogens is 2. The lowest BCUT2D eigenvalue weighted by Gasteiger charge is -1.97. The molecule has 2 aromatic heterocycles. The first-order valence-corrected chi connectivity index (χ1v) is 9.70. The number of hydrogen-bond acceptors (Lipinski definition) is 9. The van der Waals surface area contributed by atoms with Crippen LogP contribution in [0.2, 0.25) is 0 Å². The first-order valence-electron chi connectivity index (χ1n) is 8.07. The van der Waals surface area contributed by atoms with Gasteiger partial charge < -0.3 is 20.9 Å². The predicted molar refractivity (Wildman–Crippen MR) is 111 cm³/mol. The SMILES string of the molecule is CCO.COC(=O)c1ccc2nc(Nc3nc4ccc(N)cc4s3)sc2c1. The number of benzene rings is 2. The quantitative estimate of drug-likeness (QED) is 0.351. The number of methoxy groups -OCH3 is 1. The molecular weight excluding hydrogens is 384 g/mol. The van der Waals surface area contributed by atoms with Gasteiger partial charge in [-0.2, -0.15) is 0 Å². The molecule has 0 atom stereocenters. The van der Waals surface area contributed by atoms with Crippen LogP contribution in [0.3, 0.4) is 0 Å². The van der Waals surface area contributed by atoms with Gasteiger partial charge in [0.1, 0.15) is 0 Å². The maximum absolute atomic E-state index is 11.6. The van der Waals surface area contributed by atoms with E-state index in [1.54, 1.807) is 19.1 Å². The number of nitrogens with one attached hydrogen (secondary N) is 1. The summed E-state index contributed by atoms with van der Waals surface area (Å²) in [5, 5.41) is 12.3. The number of nitrogens with zero attached hydrogens (tertiary/aromatic N) is 2. The van der Waals surface area contributed by atoms with E-state index in [9.17, 15) is 4.79 Å². The van der Waals surface area contributed by atoms with Crippen molar-refractivity contribution in [2.75, 3.05) is 24.8 Å². The number of aliphatic hydroxyl groups is 1. The Morgan fingerprint density at radius 3 is 2.26 bits per heavy atom. The van der Waals surface area contributed by atoms with Gasteiger partial charge in [0, 0.05) is 12.3 Å². The summed E-state index contributed by atoms with van der Waals surface area (Å²) in [6, 6.07) is 10.9. The summed E-state index contributed by atoms with van der Waals surface area (Å²) >= 11 is 2.98. The predicted octanol–water partition coefficient (Wildman–Crippen LogP) is 4.02. The number of nitrogen functional groups attached to an aromatic ring is 1. The standard InChI is InChI=1S/C16H12N4O2S2.C2H6O/c1-22-14(21)8-2-4-10-12(6-8)23-15(18-10)20-16-19-11-5-3-9(17)7-13(11)24-16;1-2-3/h2-7H,17H2,1H3,(H,18,19,20);3H,2H2,1H3. The van der Waals surface area contributed by atoms with Crippen LogP contribution in [0, 0.1) is 0 Å². The van der Waals surface area contributed by atoms with Gasteiger partial charge in [-0.3, -0.25) is 0 Å². The summed E-state index contributed by atoms with van der Waals surface area (Å²) in [6.07, 6.45) is 0. The van der Waals surface area contributed by atoms with Crippen LogP contribution in [0.15, 0.2) is 36.4 Å². The zero-order valence-corrected chi connectivity index (χ0v) is 16.4. The lowest BCUT2D eigenvalue weighted by molar-refractivity contribution is 0.0601. The molecule has 0 unspecified atom stereocenters. The van der Waals surface area contributed by atoms with Gasteiger partial charge in [0.2, 0.25) is 0 Å². The Hall–Kier alpha value is -2.75. The molecular formula is C18H18N4O3S2. The minimum absolute atomic E-state index is 0.250. The van der Waals surface area contributed by atoms with Gasteiger partial charge in [0.05, 0.1) is 33.1 Å². The highest BCUT2D eigenvalue weighted by Gasteiger charge is 2.11. The largest absolute Gasteiger partial charge is 0.465 e. The molecule has 0 aliphatic carbocycles. The second kappa shape index (κ2) is 8.30. The van der Waals surface area contributed by atoms with E-state index < -0.39 is 0 Å². The number of ether oxygens (including phenoxy) is 1. The molecule has 0 fully saturated rings. The maximum Gasteiger partial charge on any atom is 0.337 e. The van der Waals surface area contributed by atoms with Crippen LogP contribution < -0.4 is 11.1 Å². The van der Waals surface area contributed by atoms with E-state index >= 15 is 0 Å². The number of carbonyl (C=O) groups excluding carboxylic acids is 1. The first kappa shape index (κ1) is 19.0. The molecule has 7 nitrogen and oxygen atoms in total. The molecule has 0 amide bonds. The second-order valence-corrected chi connectivity index (χ2v) is 7.44. The smallest absolute Gasteiger partial charge is 0.337 e. The number of aliphatic hydroxyl groups excluding tert-OH is 1. The number of carbonyl (C=O) groups is 1. The van der Waals surface area contributed by atoms with Gasteiger partial charge in [0.15, 0.2) is 10.3 Å². The number of fused-ring (bicyclic) bond motifs is 2. The fourth-order valence-electron chi connectivity index (χ4n) is 2.31. The molecule has 2 heterocycles. The van der Waals surface area contributed by atoms with Gasteiger partial charge in [-0.05, 0) is 43.3 Å². The third-order valence-electron chi connectivity index (χ3n) is 3.44. The molecule has 0 aliphatic heterocycles. The van der Waals surface area contributed by atoms with Crippen molar-refractivity contribution in [3.05, 3.63) is 42.0 Å². The lowest BCUT2D eigenvalue weighted by atomic mass is 10.2. The van der Waals surface area contributed by atoms with Gasteiger partial charge >= 0.3 is 5.97 Å². The number of hydrogen-bond donors (Lipinski definition) is 3. The molecule has 0 bridgehead atoms. The van der Waals surface area contributed by atoms with E-state index in [4.69, 9.17) is 15.6 Å². The van der Waals surface area contributed by atoms with E-state index in [0.717, 1.165) is 30.7 Å². The van der Waals surface area contributed by atoms with Crippen molar-refractivity contribution < 1.29 is 14.6 Å². The third-order valence-corrected chi connectivity index (χ3v) is 5.30. The van der Waals surface area contributed by atoms with Gasteiger partial charge in [0.25, 0.3) is 0 Å². The Morgan fingerprint density at radius 2 is 1.67 bits per heavy atom. The van der Waals surface area contributed by atoms with Crippen LogP contribution in [-0.2, 0) is 4.74 Å². The first-order chi connectivity index (χ1) is 13.0. The summed E-state index contributed by atoms with van der Waals surface area (Å²) in [5.41, 5.74) is 8.74. The minimum Gasteiger partial charge on any atom is -0.465 e. The van der Waals surface area contributed by atoms with Gasteiger partial charge in [-0.25, -0.2) is 14.8 Å². The molecule has 27 heavy (non-hydrogen) atoms. The molecule has 9 heteroatoms. The molecule has 0 aliphatic rings. The van der Waals surface area contributed by atoms with Gasteiger partial charge in [-0.15, -0.1) is 0 Å². The number of thiazole rings is 2. The number of esters is 1. The average Bonchev–Trinajstić information content (AvgIpc) is 3.23. The highest BCUT2D eigenvalue weighted by Crippen LogP contribution is 2.33. The molecule has 2 aromatic carbocycles. The summed E-state index contributed by atoms with van der Waals surface area (Å²) in [5.74, 6) is -0.358. The summed E-state index contributed by atoms with van der Waals surface area (Å²) in [7, 11) is 1.37. The van der Waals surface area contributed by atoms with Crippen molar-refractivity contribution in [1.29, 1.82) is 0 Å². The lowest BCUT2D eigenvalue weighted by Crippen LogP contribution is -1.99. The van der Waals surface area contributed by atoms with Crippen LogP contribution in [-0.4, -0.2) is 34.8 Å². The fraction of sp³-hybridized carbons (Fsp3) is 0.167. The highest BCUT2D eigenvalue weighted by atomic mass is 32.1. The molecule has 0 radical (unpaired) electrons. The number of nitrogens with two attached hydrogens (primary N) is 1. The van der Waals surface area contributed by atoms with Crippen molar-refractivity contribution in [2.45, 2.75) is 6.92 Å². The zero-order valence-electron chi connectivity index (χ0n) is 14.7. The molecule has 4 rings (SSSR count). The van der Waals surface area contributed by atoms with Crippen LogP contribution >= 0.6 is 22.7 Å². The van der Waals surface area contributed by atoms with E-state index in [0.29, 0.717) is 11.3 Å². The second-order valence-electron chi connectivity index (χ2n) is 5.38. The topological polar surface area (TPSA) is 110 Å². The van der Waals surface area contributed by atoms with E-state index in [1.807, 2.05) is 24.3 Å². The van der Waals surface area contributed by atoms with Crippen molar-refractivity contribution >= 4 is 65.0 Å². The van der Waals surface area contributed by atoms with E-state index in [1.165, 1.54) is 29.8 Å². The Balaban J connectivity index is 0.000000659. The minimum atomic E-state index is -0.358. The normalized spacial score (nSPS) is 10.5. The number of anilines is 3. The summed E-state index contributed by atoms with van der Waals surface area (Å²) in [4.78, 5) is 20.7. The van der Waals surface area contributed by atoms with Crippen molar-refractivity contribution in [1.82, 2.24) is 9.97 Å². The molecule has 0 saturated carbocycles. The Morgan fingerprint density at radius 1 is 1.11 bits per heavy atom. The average molecular weight is 403 g/mol. The highest BCUT2D eigenvalue weighted by molar-refractivity contribution is 7.24. The van der Waals surface area contributed by atoms with Crippen LogP contribution in [0.1, 0.15) is 17.3 Å². The van der Waals surface area contributed by atoms with Crippen molar-refractivity contribution in [3.8, 4) is 0 Å². The molecule has 4 aromatic rings. The Labute approximate surface area is 163 Å². The molecule has 0 saturated heterocycles. The summed E-state index contributed by atoms with van der Waals surface area (Å²) < 4.78 is 6.67. The molecule has 140 valence electrons. The van der Waals surface area contributed by atoms with E-state index in [-0.39, 0.29) is 12.6 Å². The van der Waals surface area contributed by atoms with Crippen molar-refractivity contribution in [3.63, 3.8) is 0 Å². The van der Waals surface area contributed by atoms with Crippen LogP contribution in [0.4, 0.5) is 16.0 Å².